The molecule has 1 saturated heterocycles. The number of hydrogen-bond donors (Lipinski definition) is 3. The van der Waals surface area contributed by atoms with Crippen LogP contribution in [-0.2, 0) is 19.1 Å². The van der Waals surface area contributed by atoms with Crippen LogP contribution < -0.4 is 10.6 Å². The van der Waals surface area contributed by atoms with Gasteiger partial charge in [0, 0.05) is 0 Å². The van der Waals surface area contributed by atoms with Crippen LogP contribution in [0.15, 0.2) is 0 Å². The van der Waals surface area contributed by atoms with E-state index in [0.717, 1.165) is 19.4 Å². The van der Waals surface area contributed by atoms with Crippen molar-refractivity contribution in [2.45, 2.75) is 25.1 Å². The maximum absolute atomic E-state index is 11.3. The Bertz CT molecular complexity index is 353. The van der Waals surface area contributed by atoms with Crippen LogP contribution in [0.1, 0.15) is 12.8 Å². The number of nitrogens with one attached hydrogen (secondary N) is 2. The Kier molecular flexibility index (Phi) is 7.59. The monoisotopic (exact) mass is 300 g/mol. The predicted molar refractivity (Wildman–Crippen MR) is 59.7 cm³/mol. The molecular formula is C10H15F3N2O5. The number of carboxylic acid groups (broad SMARTS) is 1. The van der Waals surface area contributed by atoms with Crippen LogP contribution in [0.25, 0.3) is 0 Å². The standard InChI is InChI=1S/C8H14N2O3.C2HF3O2/c1-13-7(11)5-10-8(12)6-3-2-4-9-6;3-2(4,5)1(6)7/h6,9H,2-5H2,1H3,(H,10,12);(H,6,7)/t6-;/m1./s1. The van der Waals surface area contributed by atoms with Gasteiger partial charge in [-0.2, -0.15) is 13.2 Å². The molecule has 1 atom stereocenters. The predicted octanol–water partition coefficient (Wildman–Crippen LogP) is -0.339. The molecular weight excluding hydrogens is 285 g/mol. The zero-order valence-electron chi connectivity index (χ0n) is 10.6. The van der Waals surface area contributed by atoms with Gasteiger partial charge in [0.2, 0.25) is 5.91 Å². The molecule has 0 aliphatic carbocycles. The van der Waals surface area contributed by atoms with Crippen molar-refractivity contribution in [3.8, 4) is 0 Å². The van der Waals surface area contributed by atoms with Crippen molar-refractivity contribution < 1.29 is 37.4 Å². The van der Waals surface area contributed by atoms with Gasteiger partial charge >= 0.3 is 18.1 Å². The van der Waals surface area contributed by atoms with Gasteiger partial charge in [0.15, 0.2) is 0 Å². The molecule has 1 amide bonds. The van der Waals surface area contributed by atoms with Gasteiger partial charge in [0.05, 0.1) is 13.2 Å². The van der Waals surface area contributed by atoms with Crippen molar-refractivity contribution in [2.75, 3.05) is 20.2 Å². The molecule has 1 fully saturated rings. The van der Waals surface area contributed by atoms with Crippen LogP contribution in [0.4, 0.5) is 13.2 Å². The summed E-state index contributed by atoms with van der Waals surface area (Å²) in [6.45, 7) is 0.823. The summed E-state index contributed by atoms with van der Waals surface area (Å²) < 4.78 is 36.1. The quantitative estimate of drug-likeness (QED) is 0.616. The van der Waals surface area contributed by atoms with Gasteiger partial charge in [-0.1, -0.05) is 0 Å². The fourth-order valence-corrected chi connectivity index (χ4v) is 1.26. The average molecular weight is 300 g/mol. The minimum absolute atomic E-state index is 0.0481. The molecule has 116 valence electrons. The topological polar surface area (TPSA) is 105 Å². The number of aliphatic carboxylic acids is 1. The zero-order chi connectivity index (χ0) is 15.8. The molecule has 1 rings (SSSR count). The third kappa shape index (κ3) is 7.56. The van der Waals surface area contributed by atoms with Crippen molar-refractivity contribution in [3.63, 3.8) is 0 Å². The summed E-state index contributed by atoms with van der Waals surface area (Å²) in [6, 6.07) is -0.135. The van der Waals surface area contributed by atoms with E-state index in [9.17, 15) is 22.8 Å². The lowest BCUT2D eigenvalue weighted by Crippen LogP contribution is -2.42. The molecule has 7 nitrogen and oxygen atoms in total. The highest BCUT2D eigenvalue weighted by molar-refractivity contribution is 5.85. The fraction of sp³-hybridized carbons (Fsp3) is 0.700. The lowest BCUT2D eigenvalue weighted by molar-refractivity contribution is -0.192. The number of esters is 1. The van der Waals surface area contributed by atoms with E-state index >= 15 is 0 Å². The summed E-state index contributed by atoms with van der Waals surface area (Å²) in [5.74, 6) is -3.30. The minimum atomic E-state index is -5.08. The largest absolute Gasteiger partial charge is 0.490 e. The molecule has 3 N–H and O–H groups in total. The summed E-state index contributed by atoms with van der Waals surface area (Å²) in [5, 5.41) is 12.7. The Morgan fingerprint density at radius 2 is 1.95 bits per heavy atom. The first-order valence-corrected chi connectivity index (χ1v) is 5.56. The second-order valence-corrected chi connectivity index (χ2v) is 3.75. The molecule has 0 saturated carbocycles. The van der Waals surface area contributed by atoms with Gasteiger partial charge in [0.1, 0.15) is 6.54 Å². The molecule has 0 aromatic carbocycles. The number of carbonyl (C=O) groups excluding carboxylic acids is 2. The van der Waals surface area contributed by atoms with E-state index in [-0.39, 0.29) is 18.5 Å². The van der Waals surface area contributed by atoms with Crippen LogP contribution in [-0.4, -0.2) is 55.4 Å². The van der Waals surface area contributed by atoms with Crippen LogP contribution in [0.3, 0.4) is 0 Å². The average Bonchev–Trinajstić information content (AvgIpc) is 2.88. The van der Waals surface area contributed by atoms with Gasteiger partial charge in [-0.3, -0.25) is 9.59 Å². The highest BCUT2D eigenvalue weighted by Gasteiger charge is 2.38. The number of halogens is 3. The van der Waals surface area contributed by atoms with Crippen molar-refractivity contribution in [3.05, 3.63) is 0 Å². The maximum atomic E-state index is 11.3. The second kappa shape index (κ2) is 8.35. The SMILES string of the molecule is COC(=O)CNC(=O)[C@H]1CCCN1.O=C(O)C(F)(F)F. The van der Waals surface area contributed by atoms with Crippen molar-refractivity contribution in [2.24, 2.45) is 0 Å². The number of methoxy groups -OCH3 is 1. The first kappa shape index (κ1) is 18.2. The smallest absolute Gasteiger partial charge is 0.475 e. The van der Waals surface area contributed by atoms with E-state index in [1.165, 1.54) is 7.11 Å². The first-order chi connectivity index (χ1) is 9.18. The maximum Gasteiger partial charge on any atom is 0.490 e. The van der Waals surface area contributed by atoms with Crippen LogP contribution in [0.2, 0.25) is 0 Å². The molecule has 0 bridgehead atoms. The normalized spacial score (nSPS) is 17.7. The molecule has 0 radical (unpaired) electrons. The third-order valence-corrected chi connectivity index (χ3v) is 2.25. The first-order valence-electron chi connectivity index (χ1n) is 5.56. The summed E-state index contributed by atoms with van der Waals surface area (Å²) >= 11 is 0. The van der Waals surface area contributed by atoms with Crippen LogP contribution in [0.5, 0.6) is 0 Å². The van der Waals surface area contributed by atoms with Crippen LogP contribution in [0, 0.1) is 0 Å². The molecule has 1 aliphatic heterocycles. The van der Waals surface area contributed by atoms with Gasteiger partial charge in [-0.15, -0.1) is 0 Å². The molecule has 10 heteroatoms. The number of carboxylic acids is 1. The zero-order valence-corrected chi connectivity index (χ0v) is 10.6. The van der Waals surface area contributed by atoms with Crippen molar-refractivity contribution in [1.29, 1.82) is 0 Å². The number of alkyl halides is 3. The van der Waals surface area contributed by atoms with Crippen molar-refractivity contribution in [1.82, 2.24) is 10.6 Å². The Balaban J connectivity index is 0.000000441. The number of carbonyl (C=O) groups is 3. The second-order valence-electron chi connectivity index (χ2n) is 3.75. The number of ether oxygens (including phenoxy) is 1. The number of rotatable bonds is 3. The summed E-state index contributed by atoms with van der Waals surface area (Å²) in [4.78, 5) is 30.9. The van der Waals surface area contributed by atoms with Gasteiger partial charge in [-0.05, 0) is 19.4 Å². The van der Waals surface area contributed by atoms with E-state index in [4.69, 9.17) is 9.90 Å². The van der Waals surface area contributed by atoms with E-state index < -0.39 is 18.1 Å². The highest BCUT2D eigenvalue weighted by Crippen LogP contribution is 2.13. The molecule has 0 spiro atoms. The molecule has 20 heavy (non-hydrogen) atoms. The number of amides is 1. The van der Waals surface area contributed by atoms with E-state index in [1.54, 1.807) is 0 Å². The number of hydrogen-bond acceptors (Lipinski definition) is 5. The molecule has 0 aromatic rings. The van der Waals surface area contributed by atoms with Gasteiger partial charge < -0.3 is 20.5 Å². The lowest BCUT2D eigenvalue weighted by Gasteiger charge is -2.09. The van der Waals surface area contributed by atoms with Crippen LogP contribution >= 0.6 is 0 Å². The lowest BCUT2D eigenvalue weighted by atomic mass is 10.2. The van der Waals surface area contributed by atoms with E-state index in [2.05, 4.69) is 15.4 Å². The van der Waals surface area contributed by atoms with E-state index in [0.29, 0.717) is 0 Å². The fourth-order valence-electron chi connectivity index (χ4n) is 1.26. The van der Waals surface area contributed by atoms with Crippen molar-refractivity contribution >= 4 is 17.8 Å². The minimum Gasteiger partial charge on any atom is -0.475 e. The molecule has 0 unspecified atom stereocenters. The Hall–Kier alpha value is -1.84. The Morgan fingerprint density at radius 1 is 1.40 bits per heavy atom. The molecule has 1 heterocycles. The summed E-state index contributed by atoms with van der Waals surface area (Å²) in [6.07, 6.45) is -3.23. The summed E-state index contributed by atoms with van der Waals surface area (Å²) in [7, 11) is 1.29. The van der Waals surface area contributed by atoms with Gasteiger partial charge in [-0.25, -0.2) is 4.79 Å². The molecule has 1 aliphatic rings. The third-order valence-electron chi connectivity index (χ3n) is 2.25. The highest BCUT2D eigenvalue weighted by atomic mass is 19.4. The van der Waals surface area contributed by atoms with E-state index in [1.807, 2.05) is 0 Å². The molecule has 0 aromatic heterocycles. The Morgan fingerprint density at radius 3 is 2.30 bits per heavy atom. The van der Waals surface area contributed by atoms with Gasteiger partial charge in [0.25, 0.3) is 0 Å². The summed E-state index contributed by atoms with van der Waals surface area (Å²) in [5.41, 5.74) is 0. The Labute approximate surface area is 112 Å².